The summed E-state index contributed by atoms with van der Waals surface area (Å²) in [6.07, 6.45) is 0. The Labute approximate surface area is 217 Å². The van der Waals surface area contributed by atoms with Crippen LogP contribution in [-0.2, 0) is 19.1 Å². The fourth-order valence-corrected chi connectivity index (χ4v) is 4.43. The number of likely N-dealkylation sites (N-methyl/N-ethyl adjacent to an activating group) is 2. The third-order valence-corrected chi connectivity index (χ3v) is 6.63. The number of carbonyl (C=O) groups is 3. The van der Waals surface area contributed by atoms with E-state index in [4.69, 9.17) is 4.74 Å². The molecule has 4 rings (SSSR count). The van der Waals surface area contributed by atoms with Crippen molar-refractivity contribution in [2.75, 3.05) is 63.3 Å². The molecule has 0 spiro atoms. The molecule has 9 nitrogen and oxygen atoms in total. The summed E-state index contributed by atoms with van der Waals surface area (Å²) in [6.45, 7) is 5.89. The minimum absolute atomic E-state index is 0.228. The number of rotatable bonds is 4. The quantitative estimate of drug-likeness (QED) is 0.480. The molecule has 2 aliphatic heterocycles. The SMILES string of the molecule is C[C@@H](NC(=O)C(=O)N[C@H]1CN(C)c2ccc(C#CCN3CCOCC3)cc2N(C)C1=O)c1ccccc1. The van der Waals surface area contributed by atoms with E-state index < -0.39 is 17.9 Å². The van der Waals surface area contributed by atoms with Gasteiger partial charge < -0.3 is 25.2 Å². The van der Waals surface area contributed by atoms with E-state index in [1.54, 1.807) is 14.0 Å². The molecule has 0 saturated carbocycles. The van der Waals surface area contributed by atoms with E-state index >= 15 is 0 Å². The summed E-state index contributed by atoms with van der Waals surface area (Å²) in [5.41, 5.74) is 3.22. The van der Waals surface area contributed by atoms with Gasteiger partial charge in [-0.3, -0.25) is 19.3 Å². The van der Waals surface area contributed by atoms with Crippen LogP contribution in [0.5, 0.6) is 0 Å². The van der Waals surface area contributed by atoms with E-state index in [-0.39, 0.29) is 18.5 Å². The molecule has 2 heterocycles. The van der Waals surface area contributed by atoms with Crippen LogP contribution >= 0.6 is 0 Å². The lowest BCUT2D eigenvalue weighted by Crippen LogP contribution is -2.54. The van der Waals surface area contributed by atoms with Crippen molar-refractivity contribution >= 4 is 29.1 Å². The second kappa shape index (κ2) is 11.9. The Kier molecular flexibility index (Phi) is 8.43. The number of amides is 3. The molecular weight excluding hydrogens is 470 g/mol. The van der Waals surface area contributed by atoms with Crippen LogP contribution in [0.1, 0.15) is 24.1 Å². The number of ether oxygens (including phenoxy) is 1. The second-order valence-corrected chi connectivity index (χ2v) is 9.30. The molecule has 9 heteroatoms. The summed E-state index contributed by atoms with van der Waals surface area (Å²) in [6, 6.07) is 13.9. The van der Waals surface area contributed by atoms with E-state index in [9.17, 15) is 14.4 Å². The van der Waals surface area contributed by atoms with Crippen LogP contribution in [0.15, 0.2) is 48.5 Å². The maximum Gasteiger partial charge on any atom is 0.310 e. The third kappa shape index (κ3) is 6.47. The minimum atomic E-state index is -0.886. The highest BCUT2D eigenvalue weighted by Crippen LogP contribution is 2.32. The number of carbonyl (C=O) groups excluding carboxylic acids is 3. The maximum atomic E-state index is 13.3. The van der Waals surface area contributed by atoms with Crippen molar-refractivity contribution in [3.63, 3.8) is 0 Å². The van der Waals surface area contributed by atoms with Gasteiger partial charge in [0.05, 0.1) is 37.2 Å². The monoisotopic (exact) mass is 503 g/mol. The highest BCUT2D eigenvalue weighted by Gasteiger charge is 2.33. The summed E-state index contributed by atoms with van der Waals surface area (Å²) in [5, 5.41) is 5.31. The van der Waals surface area contributed by atoms with Crippen LogP contribution in [0.25, 0.3) is 0 Å². The van der Waals surface area contributed by atoms with E-state index in [1.807, 2.05) is 60.5 Å². The van der Waals surface area contributed by atoms with Gasteiger partial charge >= 0.3 is 11.8 Å². The van der Waals surface area contributed by atoms with Gasteiger partial charge in [0, 0.05) is 39.3 Å². The van der Waals surface area contributed by atoms with Gasteiger partial charge in [-0.2, -0.15) is 0 Å². The van der Waals surface area contributed by atoms with Crippen molar-refractivity contribution in [1.82, 2.24) is 15.5 Å². The average molecular weight is 504 g/mol. The van der Waals surface area contributed by atoms with Gasteiger partial charge in [0.2, 0.25) is 0 Å². The van der Waals surface area contributed by atoms with Gasteiger partial charge in [0.25, 0.3) is 5.91 Å². The third-order valence-electron chi connectivity index (χ3n) is 6.63. The Hall–Kier alpha value is -3.87. The zero-order valence-electron chi connectivity index (χ0n) is 21.5. The Bertz CT molecular complexity index is 1200. The standard InChI is InChI=1S/C28H33N5O4/c1-20(22-9-5-4-6-10-22)29-26(34)27(35)30-23-19-31(2)24-12-11-21(18-25(24)32(3)28(23)36)8-7-13-33-14-16-37-17-15-33/h4-6,9-12,18,20,23H,13-17,19H2,1-3H3,(H,29,34)(H,30,35)/t20-,23+/m1/s1. The lowest BCUT2D eigenvalue weighted by molar-refractivity contribution is -0.140. The fraction of sp³-hybridized carbons (Fsp3) is 0.393. The first-order chi connectivity index (χ1) is 17.8. The van der Waals surface area contributed by atoms with E-state index in [0.29, 0.717) is 12.2 Å². The van der Waals surface area contributed by atoms with E-state index in [0.717, 1.165) is 43.1 Å². The molecule has 0 unspecified atom stereocenters. The first-order valence-electron chi connectivity index (χ1n) is 12.4. The lowest BCUT2D eigenvalue weighted by atomic mass is 10.1. The molecule has 1 fully saturated rings. The molecule has 3 amide bonds. The molecule has 1 saturated heterocycles. The Morgan fingerprint density at radius 1 is 1.05 bits per heavy atom. The second-order valence-electron chi connectivity index (χ2n) is 9.30. The number of morpholine rings is 1. The minimum Gasteiger partial charge on any atom is -0.379 e. The van der Waals surface area contributed by atoms with Crippen LogP contribution in [0, 0.1) is 11.8 Å². The van der Waals surface area contributed by atoms with Crippen LogP contribution in [0.4, 0.5) is 11.4 Å². The first kappa shape index (κ1) is 26.2. The number of hydrogen-bond donors (Lipinski definition) is 2. The van der Waals surface area contributed by atoms with Crippen molar-refractivity contribution in [3.8, 4) is 11.8 Å². The van der Waals surface area contributed by atoms with Gasteiger partial charge in [0.1, 0.15) is 6.04 Å². The number of nitrogens with zero attached hydrogens (tertiary/aromatic N) is 3. The normalized spacial score (nSPS) is 18.7. The molecule has 2 N–H and O–H groups in total. The highest BCUT2D eigenvalue weighted by atomic mass is 16.5. The van der Waals surface area contributed by atoms with Crippen molar-refractivity contribution in [1.29, 1.82) is 0 Å². The molecule has 0 radical (unpaired) electrons. The molecular formula is C28H33N5O4. The van der Waals surface area contributed by atoms with Crippen LogP contribution in [0.2, 0.25) is 0 Å². The molecule has 37 heavy (non-hydrogen) atoms. The summed E-state index contributed by atoms with van der Waals surface area (Å²) in [4.78, 5) is 44.2. The van der Waals surface area contributed by atoms with Gasteiger partial charge in [-0.15, -0.1) is 0 Å². The predicted molar refractivity (Wildman–Crippen MR) is 142 cm³/mol. The first-order valence-corrected chi connectivity index (χ1v) is 12.4. The maximum absolute atomic E-state index is 13.3. The van der Waals surface area contributed by atoms with Crippen molar-refractivity contribution in [3.05, 3.63) is 59.7 Å². The van der Waals surface area contributed by atoms with Crippen LogP contribution in [-0.4, -0.2) is 82.2 Å². The van der Waals surface area contributed by atoms with Crippen molar-refractivity contribution in [2.24, 2.45) is 0 Å². The molecule has 2 aliphatic rings. The zero-order valence-corrected chi connectivity index (χ0v) is 21.5. The number of fused-ring (bicyclic) bond motifs is 1. The molecule has 0 aromatic heterocycles. The predicted octanol–water partition coefficient (Wildman–Crippen LogP) is 1.15. The lowest BCUT2D eigenvalue weighted by Gasteiger charge is -2.24. The molecule has 0 aliphatic carbocycles. The molecule has 2 aromatic rings. The van der Waals surface area contributed by atoms with Crippen molar-refractivity contribution < 1.29 is 19.1 Å². The number of hydrogen-bond acceptors (Lipinski definition) is 6. The molecule has 194 valence electrons. The van der Waals surface area contributed by atoms with Gasteiger partial charge in [0.15, 0.2) is 0 Å². The van der Waals surface area contributed by atoms with Crippen molar-refractivity contribution in [2.45, 2.75) is 19.0 Å². The zero-order chi connectivity index (χ0) is 26.4. The summed E-state index contributed by atoms with van der Waals surface area (Å²) < 4.78 is 5.37. The summed E-state index contributed by atoms with van der Waals surface area (Å²) >= 11 is 0. The van der Waals surface area contributed by atoms with Crippen LogP contribution in [0.3, 0.4) is 0 Å². The number of benzene rings is 2. The molecule has 0 bridgehead atoms. The highest BCUT2D eigenvalue weighted by molar-refractivity contribution is 6.35. The molecule has 2 atom stereocenters. The van der Waals surface area contributed by atoms with E-state index in [1.165, 1.54) is 4.90 Å². The Morgan fingerprint density at radius 3 is 2.51 bits per heavy atom. The Morgan fingerprint density at radius 2 is 1.78 bits per heavy atom. The largest absolute Gasteiger partial charge is 0.379 e. The number of anilines is 2. The molecule has 2 aromatic carbocycles. The van der Waals surface area contributed by atoms with E-state index in [2.05, 4.69) is 27.4 Å². The van der Waals surface area contributed by atoms with Gasteiger partial charge in [-0.1, -0.05) is 42.2 Å². The smallest absolute Gasteiger partial charge is 0.310 e. The topological polar surface area (TPSA) is 94.2 Å². The van der Waals surface area contributed by atoms with Gasteiger partial charge in [-0.05, 0) is 30.7 Å². The van der Waals surface area contributed by atoms with Gasteiger partial charge in [-0.25, -0.2) is 0 Å². The average Bonchev–Trinajstić information content (AvgIpc) is 3.00. The Balaban J connectivity index is 1.42. The number of nitrogens with one attached hydrogen (secondary N) is 2. The summed E-state index contributed by atoms with van der Waals surface area (Å²) in [5.74, 6) is 4.47. The summed E-state index contributed by atoms with van der Waals surface area (Å²) in [7, 11) is 3.52. The van der Waals surface area contributed by atoms with Crippen LogP contribution < -0.4 is 20.4 Å². The fourth-order valence-electron chi connectivity index (χ4n) is 4.43.